The van der Waals surface area contributed by atoms with Crippen molar-refractivity contribution in [3.05, 3.63) is 29.8 Å². The summed E-state index contributed by atoms with van der Waals surface area (Å²) in [5.41, 5.74) is -0.264. The maximum absolute atomic E-state index is 11.9. The zero-order chi connectivity index (χ0) is 12.3. The van der Waals surface area contributed by atoms with E-state index < -0.39 is 17.6 Å². The zero-order valence-corrected chi connectivity index (χ0v) is 8.49. The van der Waals surface area contributed by atoms with Gasteiger partial charge in [-0.1, -0.05) is 23.7 Å². The van der Waals surface area contributed by atoms with E-state index >= 15 is 0 Å². The molecule has 7 heteroatoms. The van der Waals surface area contributed by atoms with Gasteiger partial charge in [-0.3, -0.25) is 0 Å². The second-order valence-corrected chi connectivity index (χ2v) is 3.38. The van der Waals surface area contributed by atoms with Crippen molar-refractivity contribution < 1.29 is 28.5 Å². The van der Waals surface area contributed by atoms with Crippen molar-refractivity contribution in [2.45, 2.75) is 11.7 Å². The van der Waals surface area contributed by atoms with Crippen LogP contribution >= 0.6 is 11.6 Å². The van der Waals surface area contributed by atoms with Gasteiger partial charge in [0, 0.05) is 5.56 Å². The summed E-state index contributed by atoms with van der Waals surface area (Å²) in [6, 6.07) is 4.53. The third kappa shape index (κ3) is 2.80. The molecule has 0 aliphatic heterocycles. The van der Waals surface area contributed by atoms with Gasteiger partial charge in [-0.2, -0.15) is 8.78 Å². The minimum atomic E-state index is -3.04. The van der Waals surface area contributed by atoms with Crippen molar-refractivity contribution >= 4 is 17.6 Å². The molecular weight excluding hydrogens is 246 g/mol. The molecule has 2 N–H and O–H groups in total. The van der Waals surface area contributed by atoms with Crippen molar-refractivity contribution in [2.75, 3.05) is 0 Å². The molecule has 1 rings (SSSR count). The molecule has 1 aromatic rings. The quantitative estimate of drug-likeness (QED) is 0.802. The van der Waals surface area contributed by atoms with Gasteiger partial charge in [0.2, 0.25) is 0 Å². The van der Waals surface area contributed by atoms with E-state index in [2.05, 4.69) is 4.74 Å². The van der Waals surface area contributed by atoms with Crippen LogP contribution in [0.4, 0.5) is 8.78 Å². The van der Waals surface area contributed by atoms with E-state index in [0.29, 0.717) is 0 Å². The van der Waals surface area contributed by atoms with E-state index in [4.69, 9.17) is 16.7 Å². The lowest BCUT2D eigenvalue weighted by Gasteiger charge is -2.16. The van der Waals surface area contributed by atoms with Crippen molar-refractivity contribution in [3.8, 4) is 5.75 Å². The number of ether oxygens (including phenoxy) is 1. The largest absolute Gasteiger partial charge is 0.478 e. The molecule has 0 aliphatic rings. The molecule has 0 saturated carbocycles. The number of benzene rings is 1. The second kappa shape index (κ2) is 4.63. The van der Waals surface area contributed by atoms with Crippen molar-refractivity contribution in [2.24, 2.45) is 0 Å². The molecule has 0 bridgehead atoms. The minimum Gasteiger partial charge on any atom is -0.478 e. The Balaban J connectivity index is 3.03. The number of carboxylic acid groups (broad SMARTS) is 1. The fourth-order valence-corrected chi connectivity index (χ4v) is 1.12. The third-order valence-corrected chi connectivity index (χ3v) is 2.11. The summed E-state index contributed by atoms with van der Waals surface area (Å²) in [7, 11) is 0. The van der Waals surface area contributed by atoms with E-state index in [9.17, 15) is 18.7 Å². The highest BCUT2D eigenvalue weighted by Crippen LogP contribution is 2.29. The van der Waals surface area contributed by atoms with Crippen LogP contribution in [-0.4, -0.2) is 22.8 Å². The number of carbonyl (C=O) groups is 1. The van der Waals surface area contributed by atoms with Crippen LogP contribution < -0.4 is 4.74 Å². The van der Waals surface area contributed by atoms with Crippen LogP contribution in [0.5, 0.6) is 5.75 Å². The standard InChI is InChI=1S/C9H7ClF2O4/c10-9(15,7(13)14)5-2-1-3-6(4-5)16-8(11)12/h1-4,8,15H,(H,13,14). The fourth-order valence-electron chi connectivity index (χ4n) is 1.00. The first-order valence-electron chi connectivity index (χ1n) is 4.04. The highest BCUT2D eigenvalue weighted by Gasteiger charge is 2.35. The molecule has 0 heterocycles. The highest BCUT2D eigenvalue weighted by atomic mass is 35.5. The number of halogens is 3. The summed E-state index contributed by atoms with van der Waals surface area (Å²) in [5, 5.41) is 15.3. The van der Waals surface area contributed by atoms with Crippen LogP contribution in [0, 0.1) is 0 Å². The Hall–Kier alpha value is -1.40. The smallest absolute Gasteiger partial charge is 0.387 e. The Bertz CT molecular complexity index is 395. The van der Waals surface area contributed by atoms with Gasteiger partial charge in [0.05, 0.1) is 0 Å². The SMILES string of the molecule is O=C(O)C(O)(Cl)c1cccc(OC(F)F)c1. The Labute approximate surface area is 94.0 Å². The van der Waals surface area contributed by atoms with Gasteiger partial charge in [0.25, 0.3) is 5.06 Å². The summed E-state index contributed by atoms with van der Waals surface area (Å²) in [5.74, 6) is -1.99. The Morgan fingerprint density at radius 3 is 2.62 bits per heavy atom. The molecule has 1 atom stereocenters. The van der Waals surface area contributed by atoms with Gasteiger partial charge < -0.3 is 14.9 Å². The Morgan fingerprint density at radius 1 is 1.50 bits per heavy atom. The number of aliphatic carboxylic acids is 1. The highest BCUT2D eigenvalue weighted by molar-refractivity contribution is 6.32. The molecular formula is C9H7ClF2O4. The predicted molar refractivity (Wildman–Crippen MR) is 50.5 cm³/mol. The minimum absolute atomic E-state index is 0.264. The van der Waals surface area contributed by atoms with E-state index in [1.54, 1.807) is 0 Å². The van der Waals surface area contributed by atoms with E-state index in [1.807, 2.05) is 0 Å². The molecule has 1 unspecified atom stereocenters. The number of carboxylic acids is 1. The number of hydrogen-bond donors (Lipinski definition) is 2. The van der Waals surface area contributed by atoms with Gasteiger partial charge in [0.1, 0.15) is 5.75 Å². The van der Waals surface area contributed by atoms with Gasteiger partial charge in [-0.25, -0.2) is 4.79 Å². The van der Waals surface area contributed by atoms with Gasteiger partial charge in [-0.05, 0) is 12.1 Å². The van der Waals surface area contributed by atoms with Crippen LogP contribution in [0.2, 0.25) is 0 Å². The molecule has 0 aliphatic carbocycles. The molecule has 0 spiro atoms. The maximum atomic E-state index is 11.9. The lowest BCUT2D eigenvalue weighted by Crippen LogP contribution is -2.28. The molecule has 0 saturated heterocycles. The Morgan fingerprint density at radius 2 is 2.12 bits per heavy atom. The molecule has 0 amide bonds. The first-order valence-corrected chi connectivity index (χ1v) is 4.42. The average molecular weight is 253 g/mol. The predicted octanol–water partition coefficient (Wildman–Crippen LogP) is 1.76. The molecule has 88 valence electrons. The molecule has 16 heavy (non-hydrogen) atoms. The molecule has 4 nitrogen and oxygen atoms in total. The lowest BCUT2D eigenvalue weighted by molar-refractivity contribution is -0.150. The molecule has 0 fully saturated rings. The molecule has 0 aromatic heterocycles. The van der Waals surface area contributed by atoms with Crippen molar-refractivity contribution in [3.63, 3.8) is 0 Å². The molecule has 0 radical (unpaired) electrons. The maximum Gasteiger partial charge on any atom is 0.387 e. The number of rotatable bonds is 4. The topological polar surface area (TPSA) is 66.8 Å². The summed E-state index contributed by atoms with van der Waals surface area (Å²) in [6.45, 7) is -3.04. The van der Waals surface area contributed by atoms with Gasteiger partial charge >= 0.3 is 12.6 Å². The van der Waals surface area contributed by atoms with Crippen LogP contribution in [0.15, 0.2) is 24.3 Å². The number of hydrogen-bond acceptors (Lipinski definition) is 3. The number of alkyl halides is 3. The summed E-state index contributed by atoms with van der Waals surface area (Å²) in [4.78, 5) is 10.6. The van der Waals surface area contributed by atoms with Crippen LogP contribution in [-0.2, 0) is 9.85 Å². The van der Waals surface area contributed by atoms with Crippen LogP contribution in [0.3, 0.4) is 0 Å². The van der Waals surface area contributed by atoms with E-state index in [0.717, 1.165) is 6.07 Å². The normalized spacial score (nSPS) is 14.6. The summed E-state index contributed by atoms with van der Waals surface area (Å²) < 4.78 is 27.8. The fraction of sp³-hybridized carbons (Fsp3) is 0.222. The number of aliphatic hydroxyl groups is 1. The lowest BCUT2D eigenvalue weighted by atomic mass is 10.1. The molecule has 1 aromatic carbocycles. The van der Waals surface area contributed by atoms with E-state index in [-0.39, 0.29) is 11.3 Å². The monoisotopic (exact) mass is 252 g/mol. The third-order valence-electron chi connectivity index (χ3n) is 1.73. The summed E-state index contributed by atoms with van der Waals surface area (Å²) >= 11 is 5.32. The first kappa shape index (κ1) is 12.7. The summed E-state index contributed by atoms with van der Waals surface area (Å²) in [6.07, 6.45) is 0. The van der Waals surface area contributed by atoms with Crippen molar-refractivity contribution in [1.29, 1.82) is 0 Å². The van der Waals surface area contributed by atoms with Gasteiger partial charge in [0.15, 0.2) is 0 Å². The Kier molecular flexibility index (Phi) is 3.66. The van der Waals surface area contributed by atoms with Crippen molar-refractivity contribution in [1.82, 2.24) is 0 Å². The first-order chi connectivity index (χ1) is 7.34. The average Bonchev–Trinajstić information content (AvgIpc) is 2.16. The van der Waals surface area contributed by atoms with E-state index in [1.165, 1.54) is 18.2 Å². The second-order valence-electron chi connectivity index (χ2n) is 2.83. The van der Waals surface area contributed by atoms with Crippen LogP contribution in [0.1, 0.15) is 5.56 Å². The zero-order valence-electron chi connectivity index (χ0n) is 7.73. The van der Waals surface area contributed by atoms with Gasteiger partial charge in [-0.15, -0.1) is 0 Å². The van der Waals surface area contributed by atoms with Crippen LogP contribution in [0.25, 0.3) is 0 Å².